The summed E-state index contributed by atoms with van der Waals surface area (Å²) < 4.78 is 5.74. The molecule has 1 aromatic rings. The average molecular weight is 351 g/mol. The first-order valence-corrected chi connectivity index (χ1v) is 9.17. The van der Waals surface area contributed by atoms with Crippen LogP contribution in [-0.4, -0.2) is 41.0 Å². The van der Waals surface area contributed by atoms with Crippen LogP contribution >= 0.6 is 11.8 Å². The van der Waals surface area contributed by atoms with Crippen molar-refractivity contribution in [2.45, 2.75) is 55.9 Å². The Morgan fingerprint density at radius 3 is 2.67 bits per heavy atom. The Morgan fingerprint density at radius 1 is 1.29 bits per heavy atom. The molecule has 6 heteroatoms. The van der Waals surface area contributed by atoms with E-state index < -0.39 is 11.2 Å². The van der Waals surface area contributed by atoms with Gasteiger partial charge in [-0.25, -0.2) is 0 Å². The monoisotopic (exact) mass is 351 g/mol. The van der Waals surface area contributed by atoms with Crippen LogP contribution in [0.25, 0.3) is 0 Å². The van der Waals surface area contributed by atoms with E-state index in [9.17, 15) is 9.59 Å². The molecule has 132 valence electrons. The first kappa shape index (κ1) is 18.8. The Morgan fingerprint density at radius 2 is 2.00 bits per heavy atom. The minimum Gasteiger partial charge on any atom is -0.480 e. The number of hydrogen-bond acceptors (Lipinski definition) is 4. The lowest BCUT2D eigenvalue weighted by Gasteiger charge is -2.32. The Kier molecular flexibility index (Phi) is 6.69. The molecule has 5 nitrogen and oxygen atoms in total. The highest BCUT2D eigenvalue weighted by Crippen LogP contribution is 2.27. The molecule has 0 aromatic heterocycles. The second kappa shape index (κ2) is 8.53. The van der Waals surface area contributed by atoms with Crippen molar-refractivity contribution in [1.29, 1.82) is 0 Å². The van der Waals surface area contributed by atoms with Crippen LogP contribution in [0.1, 0.15) is 44.0 Å². The Balaban J connectivity index is 2.05. The van der Waals surface area contributed by atoms with Gasteiger partial charge in [0.15, 0.2) is 0 Å². The van der Waals surface area contributed by atoms with Gasteiger partial charge in [0, 0.05) is 17.5 Å². The molecule has 2 N–H and O–H groups in total. The number of ether oxygens (including phenoxy) is 1. The van der Waals surface area contributed by atoms with Gasteiger partial charge in [-0.05, 0) is 37.8 Å². The van der Waals surface area contributed by atoms with Gasteiger partial charge < -0.3 is 15.2 Å². The number of rotatable bonds is 6. The predicted octanol–water partition coefficient (Wildman–Crippen LogP) is 3.19. The Labute approximate surface area is 147 Å². The maximum atomic E-state index is 12.6. The molecule has 1 aliphatic rings. The van der Waals surface area contributed by atoms with Gasteiger partial charge in [-0.2, -0.15) is 0 Å². The van der Waals surface area contributed by atoms with E-state index in [0.717, 1.165) is 12.8 Å². The van der Waals surface area contributed by atoms with Crippen molar-refractivity contribution in [3.05, 3.63) is 29.8 Å². The zero-order valence-corrected chi connectivity index (χ0v) is 15.1. The fourth-order valence-corrected chi connectivity index (χ4v) is 3.61. The van der Waals surface area contributed by atoms with Crippen LogP contribution in [-0.2, 0) is 9.53 Å². The third-order valence-corrected chi connectivity index (χ3v) is 5.34. The van der Waals surface area contributed by atoms with Crippen molar-refractivity contribution in [2.75, 3.05) is 6.61 Å². The minimum atomic E-state index is -0.889. The van der Waals surface area contributed by atoms with E-state index in [1.54, 1.807) is 25.1 Å². The van der Waals surface area contributed by atoms with Crippen molar-refractivity contribution in [1.82, 2.24) is 5.32 Å². The van der Waals surface area contributed by atoms with E-state index >= 15 is 0 Å². The maximum Gasteiger partial charge on any atom is 0.316 e. The van der Waals surface area contributed by atoms with Gasteiger partial charge in [0.2, 0.25) is 0 Å². The van der Waals surface area contributed by atoms with Gasteiger partial charge in [0.25, 0.3) is 5.91 Å². The highest BCUT2D eigenvalue weighted by Gasteiger charge is 2.27. The second-order valence-electron chi connectivity index (χ2n) is 6.44. The van der Waals surface area contributed by atoms with E-state index in [4.69, 9.17) is 9.84 Å². The summed E-state index contributed by atoms with van der Waals surface area (Å²) >= 11 is 1.19. The molecule has 3 unspecified atom stereocenters. The van der Waals surface area contributed by atoms with Crippen LogP contribution in [0.15, 0.2) is 29.2 Å². The number of amides is 1. The standard InChI is InChI=1S/C18H25NO4S/c1-11(2)15-10-13(8-9-23-15)19-17(20)14-6-4-5-7-16(14)24-12(3)18(21)22/h4-7,11-13,15H,8-10H2,1-3H3,(H,19,20)(H,21,22). The molecule has 24 heavy (non-hydrogen) atoms. The van der Waals surface area contributed by atoms with Crippen molar-refractivity contribution >= 4 is 23.6 Å². The Bertz CT molecular complexity index is 590. The van der Waals surface area contributed by atoms with E-state index in [2.05, 4.69) is 19.2 Å². The van der Waals surface area contributed by atoms with Gasteiger partial charge >= 0.3 is 5.97 Å². The SMILES string of the molecule is CC(Sc1ccccc1C(=O)NC1CCOC(C(C)C)C1)C(=O)O. The smallest absolute Gasteiger partial charge is 0.316 e. The summed E-state index contributed by atoms with van der Waals surface area (Å²) in [6, 6.07) is 7.24. The number of carboxylic acids is 1. The molecule has 0 bridgehead atoms. The number of carboxylic acid groups (broad SMARTS) is 1. The van der Waals surface area contributed by atoms with Crippen molar-refractivity contribution in [3.63, 3.8) is 0 Å². The quantitative estimate of drug-likeness (QED) is 0.770. The first-order chi connectivity index (χ1) is 11.4. The molecular weight excluding hydrogens is 326 g/mol. The first-order valence-electron chi connectivity index (χ1n) is 8.29. The third kappa shape index (κ3) is 4.98. The van der Waals surface area contributed by atoms with Crippen LogP contribution in [0.5, 0.6) is 0 Å². The van der Waals surface area contributed by atoms with Gasteiger partial charge in [0.1, 0.15) is 5.25 Å². The topological polar surface area (TPSA) is 75.6 Å². The number of aliphatic carboxylic acids is 1. The zero-order valence-electron chi connectivity index (χ0n) is 14.3. The van der Waals surface area contributed by atoms with E-state index in [0.29, 0.717) is 23.0 Å². The number of carbonyl (C=O) groups excluding carboxylic acids is 1. The fraction of sp³-hybridized carbons (Fsp3) is 0.556. The lowest BCUT2D eigenvalue weighted by molar-refractivity contribution is -0.136. The van der Waals surface area contributed by atoms with E-state index in [1.807, 2.05) is 6.07 Å². The molecule has 1 aliphatic heterocycles. The van der Waals surface area contributed by atoms with E-state index in [-0.39, 0.29) is 18.1 Å². The minimum absolute atomic E-state index is 0.0913. The molecule has 0 radical (unpaired) electrons. The molecule has 0 aliphatic carbocycles. The number of nitrogens with one attached hydrogen (secondary N) is 1. The van der Waals surface area contributed by atoms with Crippen LogP contribution in [0.3, 0.4) is 0 Å². The number of benzene rings is 1. The van der Waals surface area contributed by atoms with Gasteiger partial charge in [0.05, 0.1) is 11.7 Å². The molecule has 2 rings (SSSR count). The predicted molar refractivity (Wildman–Crippen MR) is 94.5 cm³/mol. The molecule has 1 aromatic carbocycles. The normalized spacial score (nSPS) is 22.2. The van der Waals surface area contributed by atoms with Crippen molar-refractivity contribution in [3.8, 4) is 0 Å². The number of hydrogen-bond donors (Lipinski definition) is 2. The summed E-state index contributed by atoms with van der Waals surface area (Å²) in [5.74, 6) is -0.617. The maximum absolute atomic E-state index is 12.6. The van der Waals surface area contributed by atoms with Gasteiger partial charge in [-0.15, -0.1) is 11.8 Å². The lowest BCUT2D eigenvalue weighted by atomic mass is 9.95. The summed E-state index contributed by atoms with van der Waals surface area (Å²) in [4.78, 5) is 24.4. The van der Waals surface area contributed by atoms with Crippen LogP contribution in [0.2, 0.25) is 0 Å². The molecule has 0 spiro atoms. The lowest BCUT2D eigenvalue weighted by Crippen LogP contribution is -2.43. The number of thioether (sulfide) groups is 1. The van der Waals surface area contributed by atoms with Gasteiger partial charge in [-0.3, -0.25) is 9.59 Å². The molecule has 1 heterocycles. The average Bonchev–Trinajstić information content (AvgIpc) is 2.55. The van der Waals surface area contributed by atoms with Crippen LogP contribution in [0, 0.1) is 5.92 Å². The molecule has 1 amide bonds. The van der Waals surface area contributed by atoms with Crippen molar-refractivity contribution in [2.24, 2.45) is 5.92 Å². The second-order valence-corrected chi connectivity index (χ2v) is 7.83. The largest absolute Gasteiger partial charge is 0.480 e. The summed E-state index contributed by atoms with van der Waals surface area (Å²) in [6.45, 7) is 6.51. The molecular formula is C18H25NO4S. The van der Waals surface area contributed by atoms with Crippen LogP contribution < -0.4 is 5.32 Å². The third-order valence-electron chi connectivity index (χ3n) is 4.18. The summed E-state index contributed by atoms with van der Waals surface area (Å²) in [7, 11) is 0. The molecule has 0 saturated carbocycles. The van der Waals surface area contributed by atoms with Gasteiger partial charge in [-0.1, -0.05) is 26.0 Å². The highest BCUT2D eigenvalue weighted by atomic mass is 32.2. The summed E-state index contributed by atoms with van der Waals surface area (Å²) in [6.07, 6.45) is 1.78. The fourth-order valence-electron chi connectivity index (χ4n) is 2.68. The zero-order chi connectivity index (χ0) is 17.7. The summed E-state index contributed by atoms with van der Waals surface area (Å²) in [5.41, 5.74) is 0.531. The molecule has 1 saturated heterocycles. The molecule has 1 fully saturated rings. The summed E-state index contributed by atoms with van der Waals surface area (Å²) in [5, 5.41) is 11.6. The molecule has 3 atom stereocenters. The van der Waals surface area contributed by atoms with Crippen LogP contribution in [0.4, 0.5) is 0 Å². The van der Waals surface area contributed by atoms with E-state index in [1.165, 1.54) is 11.8 Å². The highest BCUT2D eigenvalue weighted by molar-refractivity contribution is 8.00. The Hall–Kier alpha value is -1.53. The van der Waals surface area contributed by atoms with Crippen molar-refractivity contribution < 1.29 is 19.4 Å². The number of carbonyl (C=O) groups is 2.